The predicted molar refractivity (Wildman–Crippen MR) is 70.3 cm³/mol. The monoisotopic (exact) mass is 233 g/mol. The standard InChI is InChI=1S/C14H23N3/c1-2-9-15-13-11-10-14(6-3-4-7-14)8-5-12(11)16-17-13/h2-10H2,1H3,(H2,15,16,17). The summed E-state index contributed by atoms with van der Waals surface area (Å²) >= 11 is 0. The van der Waals surface area contributed by atoms with Gasteiger partial charge in [-0.25, -0.2) is 0 Å². The molecule has 1 heterocycles. The molecule has 0 saturated heterocycles. The molecule has 3 nitrogen and oxygen atoms in total. The highest BCUT2D eigenvalue weighted by Crippen LogP contribution is 2.48. The van der Waals surface area contributed by atoms with E-state index in [1.807, 2.05) is 0 Å². The summed E-state index contributed by atoms with van der Waals surface area (Å²) in [4.78, 5) is 0. The highest BCUT2D eigenvalue weighted by Gasteiger charge is 2.38. The lowest BCUT2D eigenvalue weighted by Crippen LogP contribution is -2.25. The minimum Gasteiger partial charge on any atom is -0.368 e. The molecule has 3 heteroatoms. The molecule has 0 bridgehead atoms. The van der Waals surface area contributed by atoms with E-state index in [0.29, 0.717) is 5.41 Å². The maximum absolute atomic E-state index is 4.45. The highest BCUT2D eigenvalue weighted by atomic mass is 15.2. The van der Waals surface area contributed by atoms with Crippen molar-refractivity contribution in [2.75, 3.05) is 11.9 Å². The van der Waals surface area contributed by atoms with Gasteiger partial charge in [0, 0.05) is 17.8 Å². The molecular weight excluding hydrogens is 210 g/mol. The lowest BCUT2D eigenvalue weighted by Gasteiger charge is -2.33. The van der Waals surface area contributed by atoms with Crippen LogP contribution >= 0.6 is 0 Å². The molecular formula is C14H23N3. The van der Waals surface area contributed by atoms with Gasteiger partial charge < -0.3 is 5.32 Å². The Kier molecular flexibility index (Phi) is 2.85. The van der Waals surface area contributed by atoms with Crippen molar-refractivity contribution in [3.05, 3.63) is 11.3 Å². The second-order valence-electron chi connectivity index (χ2n) is 5.84. The molecule has 2 aliphatic carbocycles. The van der Waals surface area contributed by atoms with Crippen molar-refractivity contribution in [1.29, 1.82) is 0 Å². The number of fused-ring (bicyclic) bond motifs is 1. The molecule has 0 atom stereocenters. The third-order valence-corrected chi connectivity index (χ3v) is 4.62. The Morgan fingerprint density at radius 3 is 2.88 bits per heavy atom. The van der Waals surface area contributed by atoms with E-state index in [1.54, 1.807) is 0 Å². The van der Waals surface area contributed by atoms with Gasteiger partial charge in [-0.15, -0.1) is 0 Å². The number of hydrogen-bond donors (Lipinski definition) is 2. The quantitative estimate of drug-likeness (QED) is 0.841. The molecule has 0 unspecified atom stereocenters. The Hall–Kier alpha value is -0.990. The molecule has 1 aromatic heterocycles. The van der Waals surface area contributed by atoms with Crippen LogP contribution in [0.1, 0.15) is 56.7 Å². The van der Waals surface area contributed by atoms with E-state index in [0.717, 1.165) is 18.8 Å². The second-order valence-corrected chi connectivity index (χ2v) is 5.84. The lowest BCUT2D eigenvalue weighted by atomic mass is 9.72. The van der Waals surface area contributed by atoms with Crippen LogP contribution in [0.3, 0.4) is 0 Å². The first-order valence-corrected chi connectivity index (χ1v) is 7.13. The van der Waals surface area contributed by atoms with Crippen molar-refractivity contribution in [1.82, 2.24) is 10.2 Å². The zero-order valence-electron chi connectivity index (χ0n) is 10.8. The number of aryl methyl sites for hydroxylation is 1. The number of aromatic amines is 1. The van der Waals surface area contributed by atoms with Gasteiger partial charge in [0.2, 0.25) is 0 Å². The first-order chi connectivity index (χ1) is 8.33. The molecule has 0 radical (unpaired) electrons. The molecule has 2 N–H and O–H groups in total. The van der Waals surface area contributed by atoms with Crippen LogP contribution in [-0.2, 0) is 12.8 Å². The van der Waals surface area contributed by atoms with Gasteiger partial charge in [0.15, 0.2) is 5.82 Å². The second kappa shape index (κ2) is 4.35. The van der Waals surface area contributed by atoms with E-state index < -0.39 is 0 Å². The van der Waals surface area contributed by atoms with Gasteiger partial charge in [-0.2, -0.15) is 5.10 Å². The fourth-order valence-corrected chi connectivity index (χ4v) is 3.59. The smallest absolute Gasteiger partial charge is 0.151 e. The molecule has 94 valence electrons. The number of hydrogen-bond acceptors (Lipinski definition) is 2. The summed E-state index contributed by atoms with van der Waals surface area (Å²) in [6, 6.07) is 0. The molecule has 1 fully saturated rings. The van der Waals surface area contributed by atoms with Crippen LogP contribution in [0.25, 0.3) is 0 Å². The van der Waals surface area contributed by atoms with Crippen LogP contribution in [0.4, 0.5) is 5.82 Å². The van der Waals surface area contributed by atoms with Gasteiger partial charge in [0.25, 0.3) is 0 Å². The average Bonchev–Trinajstić information content (AvgIpc) is 2.95. The van der Waals surface area contributed by atoms with Crippen LogP contribution in [-0.4, -0.2) is 16.7 Å². The maximum Gasteiger partial charge on any atom is 0.151 e. The molecule has 1 spiro atoms. The van der Waals surface area contributed by atoms with E-state index in [1.165, 1.54) is 56.2 Å². The van der Waals surface area contributed by atoms with Crippen molar-refractivity contribution in [2.24, 2.45) is 5.41 Å². The Morgan fingerprint density at radius 1 is 1.29 bits per heavy atom. The third-order valence-electron chi connectivity index (χ3n) is 4.62. The third kappa shape index (κ3) is 1.96. The number of nitrogens with one attached hydrogen (secondary N) is 2. The minimum atomic E-state index is 0.625. The topological polar surface area (TPSA) is 40.7 Å². The van der Waals surface area contributed by atoms with Gasteiger partial charge in [-0.1, -0.05) is 19.8 Å². The number of H-pyrrole nitrogens is 1. The summed E-state index contributed by atoms with van der Waals surface area (Å²) in [7, 11) is 0. The van der Waals surface area contributed by atoms with E-state index in [-0.39, 0.29) is 0 Å². The van der Waals surface area contributed by atoms with Gasteiger partial charge in [0.05, 0.1) is 0 Å². The first kappa shape index (κ1) is 11.1. The van der Waals surface area contributed by atoms with Crippen LogP contribution < -0.4 is 5.32 Å². The Bertz CT molecular complexity index is 388. The summed E-state index contributed by atoms with van der Waals surface area (Å²) < 4.78 is 0. The minimum absolute atomic E-state index is 0.625. The SMILES string of the molecule is CCCNc1n[nH]c2c1CC1(CCCC1)CC2. The molecule has 17 heavy (non-hydrogen) atoms. The Morgan fingerprint density at radius 2 is 2.12 bits per heavy atom. The summed E-state index contributed by atoms with van der Waals surface area (Å²) in [6.45, 7) is 3.23. The maximum atomic E-state index is 4.45. The first-order valence-electron chi connectivity index (χ1n) is 7.13. The summed E-state index contributed by atoms with van der Waals surface area (Å²) in [6.07, 6.45) is 10.7. The summed E-state index contributed by atoms with van der Waals surface area (Å²) in [5.74, 6) is 1.13. The molecule has 0 amide bonds. The number of anilines is 1. The van der Waals surface area contributed by atoms with E-state index in [4.69, 9.17) is 0 Å². The van der Waals surface area contributed by atoms with Crippen LogP contribution in [0.5, 0.6) is 0 Å². The molecule has 0 aliphatic heterocycles. The summed E-state index contributed by atoms with van der Waals surface area (Å²) in [5, 5.41) is 11.1. The van der Waals surface area contributed by atoms with Crippen molar-refractivity contribution >= 4 is 5.82 Å². The van der Waals surface area contributed by atoms with Gasteiger partial charge in [0.1, 0.15) is 0 Å². The molecule has 3 rings (SSSR count). The van der Waals surface area contributed by atoms with Gasteiger partial charge >= 0.3 is 0 Å². The van der Waals surface area contributed by atoms with Crippen LogP contribution in [0.15, 0.2) is 0 Å². The normalized spacial score (nSPS) is 21.7. The number of nitrogens with zero attached hydrogens (tertiary/aromatic N) is 1. The number of aromatic nitrogens is 2. The zero-order chi connectivity index (χ0) is 11.7. The van der Waals surface area contributed by atoms with Crippen LogP contribution in [0.2, 0.25) is 0 Å². The lowest BCUT2D eigenvalue weighted by molar-refractivity contribution is 0.254. The fourth-order valence-electron chi connectivity index (χ4n) is 3.59. The van der Waals surface area contributed by atoms with E-state index in [2.05, 4.69) is 22.4 Å². The largest absolute Gasteiger partial charge is 0.368 e. The Labute approximate surface area is 103 Å². The Balaban J connectivity index is 1.81. The fraction of sp³-hybridized carbons (Fsp3) is 0.786. The average molecular weight is 233 g/mol. The highest BCUT2D eigenvalue weighted by molar-refractivity contribution is 5.48. The molecule has 0 aromatic carbocycles. The van der Waals surface area contributed by atoms with E-state index in [9.17, 15) is 0 Å². The van der Waals surface area contributed by atoms with Gasteiger partial charge in [-0.3, -0.25) is 5.10 Å². The molecule has 1 aromatic rings. The van der Waals surface area contributed by atoms with E-state index >= 15 is 0 Å². The molecule has 2 aliphatic rings. The predicted octanol–water partition coefficient (Wildman–Crippen LogP) is 3.28. The van der Waals surface area contributed by atoms with Crippen molar-refractivity contribution in [2.45, 2.75) is 58.3 Å². The van der Waals surface area contributed by atoms with Gasteiger partial charge in [-0.05, 0) is 43.9 Å². The summed E-state index contributed by atoms with van der Waals surface area (Å²) in [5.41, 5.74) is 3.51. The van der Waals surface area contributed by atoms with Crippen LogP contribution in [0, 0.1) is 5.41 Å². The number of rotatable bonds is 3. The zero-order valence-corrected chi connectivity index (χ0v) is 10.8. The van der Waals surface area contributed by atoms with Crippen molar-refractivity contribution in [3.8, 4) is 0 Å². The van der Waals surface area contributed by atoms with Crippen molar-refractivity contribution in [3.63, 3.8) is 0 Å². The van der Waals surface area contributed by atoms with Crippen molar-refractivity contribution < 1.29 is 0 Å². The molecule has 1 saturated carbocycles.